The Morgan fingerprint density at radius 1 is 1.06 bits per heavy atom. The van der Waals surface area contributed by atoms with Gasteiger partial charge in [-0.2, -0.15) is 4.31 Å². The van der Waals surface area contributed by atoms with Gasteiger partial charge in [0.05, 0.1) is 17.0 Å². The Hall–Kier alpha value is -2.11. The lowest BCUT2D eigenvalue weighted by Crippen LogP contribution is -2.59. The molecule has 3 fully saturated rings. The molecule has 2 saturated heterocycles. The van der Waals surface area contributed by atoms with Crippen LogP contribution in [0.15, 0.2) is 53.4 Å². The molecule has 0 aromatic heterocycles. The Morgan fingerprint density at radius 2 is 1.77 bits per heavy atom. The Labute approximate surface area is 211 Å². The zero-order valence-electron chi connectivity index (χ0n) is 20.1. The molecule has 0 bridgehead atoms. The summed E-state index contributed by atoms with van der Waals surface area (Å²) in [5.41, 5.74) is 2.53. The normalized spacial score (nSPS) is 21.0. The summed E-state index contributed by atoms with van der Waals surface area (Å²) in [6, 6.07) is 15.5. The van der Waals surface area contributed by atoms with Crippen molar-refractivity contribution in [1.82, 2.24) is 13.5 Å². The maximum absolute atomic E-state index is 13.3. The van der Waals surface area contributed by atoms with Gasteiger partial charge in [0, 0.05) is 37.0 Å². The fourth-order valence-electron chi connectivity index (χ4n) is 4.77. The molecule has 1 amide bonds. The second-order valence-corrected chi connectivity index (χ2v) is 12.8. The quantitative estimate of drug-likeness (QED) is 0.565. The molecule has 2 aliphatic heterocycles. The van der Waals surface area contributed by atoms with Crippen LogP contribution >= 0.6 is 12.1 Å². The molecule has 1 aliphatic carbocycles. The van der Waals surface area contributed by atoms with E-state index in [-0.39, 0.29) is 12.5 Å². The number of carbonyl (C=O) groups excluding carboxylic acids is 1. The molecule has 8 nitrogen and oxygen atoms in total. The fraction of sp³-hybridized carbons (Fsp3) is 0.480. The predicted molar refractivity (Wildman–Crippen MR) is 138 cm³/mol. The number of nitrogens with zero attached hydrogens (tertiary/aromatic N) is 3. The Balaban J connectivity index is 1.24. The van der Waals surface area contributed by atoms with Gasteiger partial charge in [0.2, 0.25) is 15.9 Å². The van der Waals surface area contributed by atoms with Crippen molar-refractivity contribution in [3.05, 3.63) is 48.5 Å². The van der Waals surface area contributed by atoms with E-state index < -0.39 is 15.6 Å². The molecule has 35 heavy (non-hydrogen) atoms. The van der Waals surface area contributed by atoms with Crippen LogP contribution in [0.5, 0.6) is 0 Å². The van der Waals surface area contributed by atoms with E-state index in [2.05, 4.69) is 4.72 Å². The Bertz CT molecular complexity index is 1170. The first-order valence-electron chi connectivity index (χ1n) is 12.0. The summed E-state index contributed by atoms with van der Waals surface area (Å²) < 4.78 is 39.5. The lowest BCUT2D eigenvalue weighted by Gasteiger charge is -2.46. The molecule has 1 N–H and O–H groups in total. The minimum atomic E-state index is -3.59. The van der Waals surface area contributed by atoms with E-state index in [0.29, 0.717) is 43.4 Å². The summed E-state index contributed by atoms with van der Waals surface area (Å²) in [6.45, 7) is 1.48. The van der Waals surface area contributed by atoms with Gasteiger partial charge in [-0.1, -0.05) is 24.3 Å². The van der Waals surface area contributed by atoms with Gasteiger partial charge in [-0.15, -0.1) is 0 Å². The summed E-state index contributed by atoms with van der Waals surface area (Å²) in [4.78, 5) is 14.5. The average molecular weight is 517 g/mol. The molecule has 1 spiro atoms. The smallest absolute Gasteiger partial charge is 0.248 e. The van der Waals surface area contributed by atoms with Gasteiger partial charge in [0.15, 0.2) is 0 Å². The monoisotopic (exact) mass is 516 g/mol. The number of amides is 1. The van der Waals surface area contributed by atoms with Crippen LogP contribution in [0.25, 0.3) is 11.1 Å². The summed E-state index contributed by atoms with van der Waals surface area (Å²) in [5, 5.41) is 0. The van der Waals surface area contributed by atoms with Gasteiger partial charge in [-0.3, -0.25) is 4.79 Å². The maximum Gasteiger partial charge on any atom is 0.248 e. The van der Waals surface area contributed by atoms with Crippen molar-refractivity contribution in [3.63, 3.8) is 0 Å². The SMILES string of the molecule is CN(C)SNc1cccc(-c2ccc(S(=O)(=O)N3CCC4(CC3)CN(C3CC3)C(=O)CO4)cc2)c1. The molecule has 0 atom stereocenters. The van der Waals surface area contributed by atoms with Crippen LogP contribution in [-0.4, -0.2) is 79.8 Å². The zero-order chi connectivity index (χ0) is 24.6. The van der Waals surface area contributed by atoms with Gasteiger partial charge < -0.3 is 14.4 Å². The largest absolute Gasteiger partial charge is 0.363 e. The van der Waals surface area contributed by atoms with Crippen LogP contribution in [0.4, 0.5) is 5.69 Å². The number of ether oxygens (including phenoxy) is 1. The summed E-state index contributed by atoms with van der Waals surface area (Å²) in [6.07, 6.45) is 3.33. The molecule has 2 aromatic carbocycles. The van der Waals surface area contributed by atoms with Crippen molar-refractivity contribution in [1.29, 1.82) is 0 Å². The lowest BCUT2D eigenvalue weighted by molar-refractivity contribution is -0.170. The van der Waals surface area contributed by atoms with Crippen molar-refractivity contribution in [2.45, 2.75) is 42.2 Å². The third kappa shape index (κ3) is 5.36. The number of morpholine rings is 1. The molecule has 10 heteroatoms. The molecule has 2 heterocycles. The van der Waals surface area contributed by atoms with E-state index in [1.807, 2.05) is 59.7 Å². The van der Waals surface area contributed by atoms with Crippen LogP contribution < -0.4 is 4.72 Å². The van der Waals surface area contributed by atoms with E-state index >= 15 is 0 Å². The predicted octanol–water partition coefficient (Wildman–Crippen LogP) is 3.43. The van der Waals surface area contributed by atoms with E-state index in [4.69, 9.17) is 4.74 Å². The van der Waals surface area contributed by atoms with Gasteiger partial charge >= 0.3 is 0 Å². The fourth-order valence-corrected chi connectivity index (χ4v) is 6.63. The molecule has 5 rings (SSSR count). The molecule has 188 valence electrons. The van der Waals surface area contributed by atoms with Crippen molar-refractivity contribution >= 4 is 33.8 Å². The number of sulfonamides is 1. The summed E-state index contributed by atoms with van der Waals surface area (Å²) in [7, 11) is 0.339. The van der Waals surface area contributed by atoms with E-state index in [1.165, 1.54) is 12.1 Å². The van der Waals surface area contributed by atoms with Gasteiger partial charge in [0.1, 0.15) is 6.61 Å². The first kappa shape index (κ1) is 24.6. The Morgan fingerprint density at radius 3 is 2.43 bits per heavy atom. The maximum atomic E-state index is 13.3. The molecule has 0 radical (unpaired) electrons. The standard InChI is InChI=1S/C25H32N4O4S2/c1-27(2)34-26-21-5-3-4-20(16-21)19-6-10-23(11-7-19)35(31,32)28-14-12-25(13-15-28)18-29(22-8-9-22)24(30)17-33-25/h3-7,10-11,16,22,26H,8-9,12-15,17-18H2,1-2H3. The van der Waals surface area contributed by atoms with Crippen LogP contribution in [0.1, 0.15) is 25.7 Å². The molecule has 1 saturated carbocycles. The van der Waals surface area contributed by atoms with Crippen LogP contribution in [0.3, 0.4) is 0 Å². The molecular formula is C25H32N4O4S2. The van der Waals surface area contributed by atoms with E-state index in [9.17, 15) is 13.2 Å². The highest BCUT2D eigenvalue weighted by atomic mass is 32.2. The van der Waals surface area contributed by atoms with Crippen LogP contribution in [0.2, 0.25) is 0 Å². The number of hydrogen-bond acceptors (Lipinski definition) is 7. The first-order chi connectivity index (χ1) is 16.8. The minimum absolute atomic E-state index is 0.0611. The number of hydrogen-bond donors (Lipinski definition) is 1. The lowest BCUT2D eigenvalue weighted by atomic mass is 9.90. The van der Waals surface area contributed by atoms with Crippen molar-refractivity contribution in [3.8, 4) is 11.1 Å². The third-order valence-electron chi connectivity index (χ3n) is 6.94. The number of benzene rings is 2. The van der Waals surface area contributed by atoms with Crippen LogP contribution in [0, 0.1) is 0 Å². The molecular weight excluding hydrogens is 484 g/mol. The minimum Gasteiger partial charge on any atom is -0.363 e. The number of nitrogens with one attached hydrogen (secondary N) is 1. The van der Waals surface area contributed by atoms with Gasteiger partial charge in [-0.25, -0.2) is 12.7 Å². The second-order valence-electron chi connectivity index (χ2n) is 9.74. The Kier molecular flexibility index (Phi) is 6.84. The van der Waals surface area contributed by atoms with Crippen LogP contribution in [-0.2, 0) is 19.6 Å². The molecule has 2 aromatic rings. The zero-order valence-corrected chi connectivity index (χ0v) is 21.8. The van der Waals surface area contributed by atoms with Crippen molar-refractivity contribution in [2.75, 3.05) is 45.1 Å². The van der Waals surface area contributed by atoms with Crippen molar-refractivity contribution < 1.29 is 17.9 Å². The molecule has 3 aliphatic rings. The number of rotatable bonds is 7. The van der Waals surface area contributed by atoms with Gasteiger partial charge in [-0.05, 0) is 75.2 Å². The first-order valence-corrected chi connectivity index (χ1v) is 14.2. The van der Waals surface area contributed by atoms with E-state index in [0.717, 1.165) is 29.7 Å². The highest BCUT2D eigenvalue weighted by Crippen LogP contribution is 2.37. The van der Waals surface area contributed by atoms with Crippen molar-refractivity contribution in [2.24, 2.45) is 0 Å². The number of anilines is 1. The number of piperidine rings is 1. The average Bonchev–Trinajstić information content (AvgIpc) is 3.71. The third-order valence-corrected chi connectivity index (χ3v) is 9.54. The highest BCUT2D eigenvalue weighted by molar-refractivity contribution is 7.98. The topological polar surface area (TPSA) is 82.2 Å². The summed E-state index contributed by atoms with van der Waals surface area (Å²) >= 11 is 1.49. The second kappa shape index (κ2) is 9.74. The van der Waals surface area contributed by atoms with Gasteiger partial charge in [0.25, 0.3) is 0 Å². The highest BCUT2D eigenvalue weighted by Gasteiger charge is 2.47. The number of carbonyl (C=O) groups is 1. The van der Waals surface area contributed by atoms with E-state index in [1.54, 1.807) is 16.4 Å². The summed E-state index contributed by atoms with van der Waals surface area (Å²) in [5.74, 6) is 0.0611. The molecule has 0 unspecified atom stereocenters.